The van der Waals surface area contributed by atoms with Crippen LogP contribution in [-0.4, -0.2) is 90.2 Å². The van der Waals surface area contributed by atoms with E-state index in [9.17, 15) is 0 Å². The quantitative estimate of drug-likeness (QED) is 0.242. The highest BCUT2D eigenvalue weighted by atomic mass is 35.5. The maximum Gasteiger partial charge on any atom is 0.0890 e. The van der Waals surface area contributed by atoms with Gasteiger partial charge in [0.15, 0.2) is 0 Å². The van der Waals surface area contributed by atoms with Crippen LogP contribution >= 0.6 is 0 Å². The van der Waals surface area contributed by atoms with Gasteiger partial charge in [0.1, 0.15) is 0 Å². The van der Waals surface area contributed by atoms with E-state index in [1.165, 1.54) is 64.5 Å². The summed E-state index contributed by atoms with van der Waals surface area (Å²) in [6, 6.07) is 0. The molecule has 0 amide bonds. The van der Waals surface area contributed by atoms with Gasteiger partial charge in [-0.2, -0.15) is 0 Å². The average molecular weight is 555 g/mol. The van der Waals surface area contributed by atoms with E-state index in [1.807, 2.05) is 0 Å². The Kier molecular flexibility index (Phi) is 27.0. The summed E-state index contributed by atoms with van der Waals surface area (Å²) < 4.78 is 0. The lowest BCUT2D eigenvalue weighted by Crippen LogP contribution is -3.00. The van der Waals surface area contributed by atoms with Crippen LogP contribution in [-0.2, 0) is 0 Å². The summed E-state index contributed by atoms with van der Waals surface area (Å²) in [6.07, 6.45) is 23.8. The third kappa shape index (κ3) is 19.7. The SMILES string of the molecule is CCCCCCCCN1C=CN(C)C1.CCCCN1C=CN(C)C1.CCN1C=CN(C)C1.[Cl-].[Cl-].[Cl-]. The van der Waals surface area contributed by atoms with Crippen LogP contribution in [0, 0.1) is 0 Å². The summed E-state index contributed by atoms with van der Waals surface area (Å²) in [7, 11) is 6.30. The van der Waals surface area contributed by atoms with Crippen LogP contribution in [0.25, 0.3) is 0 Å². The molecule has 0 atom stereocenters. The molecule has 0 aromatic rings. The van der Waals surface area contributed by atoms with Gasteiger partial charge in [-0.25, -0.2) is 0 Å². The van der Waals surface area contributed by atoms with Crippen molar-refractivity contribution in [3.05, 3.63) is 37.2 Å². The molecule has 0 aliphatic carbocycles. The van der Waals surface area contributed by atoms with E-state index < -0.39 is 0 Å². The Bertz CT molecular complexity index is 547. The second kappa shape index (κ2) is 24.6. The lowest BCUT2D eigenvalue weighted by atomic mass is 10.1. The van der Waals surface area contributed by atoms with Crippen molar-refractivity contribution < 1.29 is 37.2 Å². The molecule has 0 spiro atoms. The van der Waals surface area contributed by atoms with Crippen LogP contribution in [0.15, 0.2) is 37.2 Å². The predicted molar refractivity (Wildman–Crippen MR) is 139 cm³/mol. The van der Waals surface area contributed by atoms with Crippen molar-refractivity contribution in [1.29, 1.82) is 0 Å². The minimum Gasteiger partial charge on any atom is -1.00 e. The van der Waals surface area contributed by atoms with E-state index in [0.29, 0.717) is 0 Å². The first-order valence-electron chi connectivity index (χ1n) is 12.9. The molecular formula is C26H52Cl3N6-3. The number of hydrogen-bond acceptors (Lipinski definition) is 6. The smallest absolute Gasteiger partial charge is 0.0890 e. The maximum absolute atomic E-state index is 2.39. The molecule has 3 rings (SSSR count). The fourth-order valence-electron chi connectivity index (χ4n) is 3.72. The van der Waals surface area contributed by atoms with Gasteiger partial charge in [-0.05, 0) is 19.8 Å². The minimum atomic E-state index is 0. The molecule has 35 heavy (non-hydrogen) atoms. The van der Waals surface area contributed by atoms with Gasteiger partial charge in [-0.3, -0.25) is 0 Å². The lowest BCUT2D eigenvalue weighted by Gasteiger charge is -2.17. The highest BCUT2D eigenvalue weighted by molar-refractivity contribution is 4.89. The standard InChI is InChI=1S/C12H24N2.C8H16N2.C6H12N2.3ClH/c1-3-4-5-6-7-8-9-14-11-10-13(2)12-14;1-3-4-5-10-7-6-9(2)8-10;1-3-8-5-4-7(2)6-8;;;/h10-11H,3-9,12H2,1-2H3;6-7H,3-5,8H2,1-2H3;4-5H,3,6H2,1-2H3;3*1H/p-3. The van der Waals surface area contributed by atoms with E-state index in [2.05, 4.69) is 109 Å². The fraction of sp³-hybridized carbons (Fsp3) is 0.769. The first-order valence-corrected chi connectivity index (χ1v) is 12.9. The highest BCUT2D eigenvalue weighted by Crippen LogP contribution is 2.09. The van der Waals surface area contributed by atoms with E-state index >= 15 is 0 Å². The van der Waals surface area contributed by atoms with Crippen molar-refractivity contribution in [3.63, 3.8) is 0 Å². The summed E-state index contributed by atoms with van der Waals surface area (Å²) in [5, 5.41) is 0. The lowest BCUT2D eigenvalue weighted by molar-refractivity contribution is -0.00100. The summed E-state index contributed by atoms with van der Waals surface area (Å²) in [6.45, 7) is 13.4. The number of hydrogen-bond donors (Lipinski definition) is 0. The number of halogens is 3. The van der Waals surface area contributed by atoms with Gasteiger partial charge in [0.2, 0.25) is 0 Å². The van der Waals surface area contributed by atoms with Crippen molar-refractivity contribution in [2.75, 3.05) is 60.8 Å². The Balaban J connectivity index is -0.000000436. The van der Waals surface area contributed by atoms with Crippen LogP contribution in [0.2, 0.25) is 0 Å². The molecule has 6 nitrogen and oxygen atoms in total. The van der Waals surface area contributed by atoms with Gasteiger partial charge in [0.25, 0.3) is 0 Å². The Morgan fingerprint density at radius 1 is 0.457 bits per heavy atom. The zero-order valence-electron chi connectivity index (χ0n) is 23.2. The second-order valence-corrected chi connectivity index (χ2v) is 9.24. The van der Waals surface area contributed by atoms with Crippen LogP contribution in [0.1, 0.15) is 72.1 Å². The third-order valence-electron chi connectivity index (χ3n) is 5.81. The van der Waals surface area contributed by atoms with Gasteiger partial charge >= 0.3 is 0 Å². The van der Waals surface area contributed by atoms with Crippen molar-refractivity contribution in [1.82, 2.24) is 29.4 Å². The second-order valence-electron chi connectivity index (χ2n) is 9.24. The monoisotopic (exact) mass is 553 g/mol. The van der Waals surface area contributed by atoms with Crippen molar-refractivity contribution >= 4 is 0 Å². The molecule has 0 saturated heterocycles. The third-order valence-corrected chi connectivity index (χ3v) is 5.81. The van der Waals surface area contributed by atoms with Gasteiger partial charge < -0.3 is 66.6 Å². The van der Waals surface area contributed by atoms with E-state index in [1.54, 1.807) is 0 Å². The summed E-state index contributed by atoms with van der Waals surface area (Å²) in [4.78, 5) is 13.5. The highest BCUT2D eigenvalue weighted by Gasteiger charge is 2.07. The molecule has 0 N–H and O–H groups in total. The van der Waals surface area contributed by atoms with Crippen LogP contribution < -0.4 is 37.2 Å². The molecule has 3 aliphatic heterocycles. The van der Waals surface area contributed by atoms with Gasteiger partial charge in [-0.15, -0.1) is 0 Å². The van der Waals surface area contributed by atoms with Crippen LogP contribution in [0.3, 0.4) is 0 Å². The molecule has 3 heterocycles. The van der Waals surface area contributed by atoms with E-state index in [4.69, 9.17) is 0 Å². The molecule has 0 bridgehead atoms. The van der Waals surface area contributed by atoms with Crippen LogP contribution in [0.5, 0.6) is 0 Å². The zero-order valence-corrected chi connectivity index (χ0v) is 25.4. The molecule has 0 saturated carbocycles. The molecule has 0 fully saturated rings. The minimum absolute atomic E-state index is 0. The molecule has 9 heteroatoms. The number of nitrogens with zero attached hydrogens (tertiary/aromatic N) is 6. The first kappa shape index (κ1) is 38.4. The number of rotatable bonds is 11. The molecule has 0 aromatic heterocycles. The normalized spacial score (nSPS) is 15.3. The van der Waals surface area contributed by atoms with Crippen molar-refractivity contribution in [2.24, 2.45) is 0 Å². The van der Waals surface area contributed by atoms with E-state index in [0.717, 1.165) is 26.6 Å². The summed E-state index contributed by atoms with van der Waals surface area (Å²) >= 11 is 0. The summed E-state index contributed by atoms with van der Waals surface area (Å²) in [5.74, 6) is 0. The first-order chi connectivity index (χ1) is 15.5. The maximum atomic E-state index is 2.39. The topological polar surface area (TPSA) is 19.4 Å². The van der Waals surface area contributed by atoms with Gasteiger partial charge in [-0.1, -0.05) is 52.4 Å². The van der Waals surface area contributed by atoms with E-state index in [-0.39, 0.29) is 37.2 Å². The Morgan fingerprint density at radius 3 is 1.17 bits per heavy atom. The van der Waals surface area contributed by atoms with Gasteiger partial charge in [0.05, 0.1) is 20.0 Å². The van der Waals surface area contributed by atoms with Crippen molar-refractivity contribution in [2.45, 2.75) is 72.1 Å². The largest absolute Gasteiger partial charge is 1.00 e. The Morgan fingerprint density at radius 2 is 0.829 bits per heavy atom. The molecule has 0 unspecified atom stereocenters. The Hall–Kier alpha value is -1.11. The molecule has 0 radical (unpaired) electrons. The van der Waals surface area contributed by atoms with Crippen LogP contribution in [0.4, 0.5) is 0 Å². The molecule has 3 aliphatic rings. The van der Waals surface area contributed by atoms with Gasteiger partial charge in [0, 0.05) is 78.0 Å². The summed E-state index contributed by atoms with van der Waals surface area (Å²) in [5.41, 5.74) is 0. The predicted octanol–water partition coefficient (Wildman–Crippen LogP) is -3.82. The molecular weight excluding hydrogens is 503 g/mol. The molecule has 210 valence electrons. The zero-order chi connectivity index (χ0) is 23.6. The molecule has 0 aromatic carbocycles. The fourth-order valence-corrected chi connectivity index (χ4v) is 3.72. The average Bonchev–Trinajstić information content (AvgIpc) is 3.51. The Labute approximate surface area is 236 Å². The van der Waals surface area contributed by atoms with Crippen molar-refractivity contribution in [3.8, 4) is 0 Å². The number of unbranched alkanes of at least 4 members (excludes halogenated alkanes) is 6.